The quantitative estimate of drug-likeness (QED) is 0.642. The molecule has 0 fully saturated rings. The summed E-state index contributed by atoms with van der Waals surface area (Å²) in [5.74, 6) is 6.28. The molecular formula is C9H11N3O. The van der Waals surface area contributed by atoms with Crippen molar-refractivity contribution in [2.75, 3.05) is 13.7 Å². The first-order valence-corrected chi connectivity index (χ1v) is 3.85. The molecule has 0 unspecified atom stereocenters. The Morgan fingerprint density at radius 2 is 2.15 bits per heavy atom. The fourth-order valence-electron chi connectivity index (χ4n) is 0.735. The monoisotopic (exact) mass is 177 g/mol. The fourth-order valence-corrected chi connectivity index (χ4v) is 0.735. The third-order valence-electron chi connectivity index (χ3n) is 1.34. The van der Waals surface area contributed by atoms with Gasteiger partial charge in [0, 0.05) is 19.5 Å². The topological polar surface area (TPSA) is 61.0 Å². The molecule has 0 amide bonds. The number of ether oxygens (including phenoxy) is 1. The van der Waals surface area contributed by atoms with Crippen LogP contribution in [-0.4, -0.2) is 23.7 Å². The van der Waals surface area contributed by atoms with Crippen LogP contribution >= 0.6 is 0 Å². The third kappa shape index (κ3) is 3.20. The van der Waals surface area contributed by atoms with Crippen molar-refractivity contribution < 1.29 is 4.74 Å². The van der Waals surface area contributed by atoms with Gasteiger partial charge in [-0.1, -0.05) is 11.8 Å². The first kappa shape index (κ1) is 9.65. The van der Waals surface area contributed by atoms with E-state index in [1.54, 1.807) is 19.5 Å². The van der Waals surface area contributed by atoms with Gasteiger partial charge in [-0.15, -0.1) is 0 Å². The maximum Gasteiger partial charge on any atom is 0.141 e. The largest absolute Gasteiger partial charge is 0.372 e. The Morgan fingerprint density at radius 3 is 2.69 bits per heavy atom. The third-order valence-corrected chi connectivity index (χ3v) is 1.34. The molecule has 1 aromatic rings. The van der Waals surface area contributed by atoms with E-state index in [9.17, 15) is 0 Å². The molecule has 0 bridgehead atoms. The lowest BCUT2D eigenvalue weighted by Crippen LogP contribution is -2.02. The zero-order chi connectivity index (χ0) is 9.52. The average Bonchev–Trinajstić information content (AvgIpc) is 2.19. The minimum atomic E-state index is 0.353. The van der Waals surface area contributed by atoms with E-state index in [4.69, 9.17) is 10.5 Å². The molecule has 4 heteroatoms. The van der Waals surface area contributed by atoms with Crippen molar-refractivity contribution in [3.8, 4) is 11.8 Å². The highest BCUT2D eigenvalue weighted by Crippen LogP contribution is 1.92. The minimum absolute atomic E-state index is 0.353. The molecule has 1 rings (SSSR count). The van der Waals surface area contributed by atoms with Crippen molar-refractivity contribution in [1.29, 1.82) is 0 Å². The second-order valence-electron chi connectivity index (χ2n) is 2.33. The summed E-state index contributed by atoms with van der Waals surface area (Å²) in [7, 11) is 1.60. The first-order chi connectivity index (χ1) is 6.36. The number of hydrogen-bond acceptors (Lipinski definition) is 4. The van der Waals surface area contributed by atoms with Gasteiger partial charge >= 0.3 is 0 Å². The summed E-state index contributed by atoms with van der Waals surface area (Å²) in [5.41, 5.74) is 6.11. The van der Waals surface area contributed by atoms with E-state index in [1.807, 2.05) is 0 Å². The molecule has 2 N–H and O–H groups in total. The van der Waals surface area contributed by atoms with Gasteiger partial charge in [0.05, 0.1) is 12.1 Å². The maximum absolute atomic E-state index is 5.34. The molecular weight excluding hydrogens is 166 g/mol. The number of rotatable bonds is 2. The fraction of sp³-hybridized carbons (Fsp3) is 0.333. The van der Waals surface area contributed by atoms with E-state index in [-0.39, 0.29) is 0 Å². The van der Waals surface area contributed by atoms with Crippen molar-refractivity contribution in [3.05, 3.63) is 23.8 Å². The zero-order valence-electron chi connectivity index (χ0n) is 7.45. The standard InChI is InChI=1S/C9H11N3O/c1-13-4-2-3-8-6-11-9(5-10)12-7-8/h6-7H,4-5,10H2,1H3. The van der Waals surface area contributed by atoms with E-state index < -0.39 is 0 Å². The maximum atomic E-state index is 5.34. The molecule has 4 nitrogen and oxygen atoms in total. The molecule has 0 aliphatic carbocycles. The van der Waals surface area contributed by atoms with Crippen LogP contribution in [0.1, 0.15) is 11.4 Å². The SMILES string of the molecule is COCC#Cc1cnc(CN)nc1. The highest BCUT2D eigenvalue weighted by Gasteiger charge is 1.91. The summed E-state index contributed by atoms with van der Waals surface area (Å²) in [5, 5.41) is 0. The lowest BCUT2D eigenvalue weighted by Gasteiger charge is -1.93. The van der Waals surface area contributed by atoms with E-state index in [0.29, 0.717) is 19.0 Å². The van der Waals surface area contributed by atoms with Gasteiger partial charge in [0.2, 0.25) is 0 Å². The van der Waals surface area contributed by atoms with Crippen LogP contribution in [0.15, 0.2) is 12.4 Å². The van der Waals surface area contributed by atoms with Crippen LogP contribution in [0.5, 0.6) is 0 Å². The van der Waals surface area contributed by atoms with Crippen LogP contribution in [0.25, 0.3) is 0 Å². The Bertz CT molecular complexity index is 310. The van der Waals surface area contributed by atoms with E-state index in [1.165, 1.54) is 0 Å². The van der Waals surface area contributed by atoms with E-state index in [2.05, 4.69) is 21.8 Å². The van der Waals surface area contributed by atoms with Crippen LogP contribution in [0.4, 0.5) is 0 Å². The molecule has 1 aromatic heterocycles. The Morgan fingerprint density at radius 1 is 1.46 bits per heavy atom. The van der Waals surface area contributed by atoms with Crippen molar-refractivity contribution >= 4 is 0 Å². The number of nitrogens with zero attached hydrogens (tertiary/aromatic N) is 2. The Kier molecular flexibility index (Phi) is 3.89. The van der Waals surface area contributed by atoms with Crippen molar-refractivity contribution in [2.24, 2.45) is 5.73 Å². The number of aromatic nitrogens is 2. The molecule has 0 aliphatic rings. The summed E-state index contributed by atoms with van der Waals surface area (Å²) >= 11 is 0. The van der Waals surface area contributed by atoms with Crippen LogP contribution in [-0.2, 0) is 11.3 Å². The molecule has 1 heterocycles. The first-order valence-electron chi connectivity index (χ1n) is 3.85. The molecule has 0 spiro atoms. The molecule has 0 saturated carbocycles. The van der Waals surface area contributed by atoms with Gasteiger partial charge in [-0.05, 0) is 0 Å². The number of nitrogens with two attached hydrogens (primary N) is 1. The van der Waals surface area contributed by atoms with Gasteiger partial charge in [-0.2, -0.15) is 0 Å². The summed E-state index contributed by atoms with van der Waals surface area (Å²) in [6.45, 7) is 0.768. The Labute approximate surface area is 77.1 Å². The highest BCUT2D eigenvalue weighted by molar-refractivity contribution is 5.29. The summed E-state index contributed by atoms with van der Waals surface area (Å²) in [6, 6.07) is 0. The van der Waals surface area contributed by atoms with Gasteiger partial charge in [-0.3, -0.25) is 0 Å². The van der Waals surface area contributed by atoms with Gasteiger partial charge in [0.1, 0.15) is 12.4 Å². The van der Waals surface area contributed by atoms with Gasteiger partial charge < -0.3 is 10.5 Å². The molecule has 0 radical (unpaired) electrons. The second kappa shape index (κ2) is 5.25. The van der Waals surface area contributed by atoms with Crippen LogP contribution in [0, 0.1) is 11.8 Å². The van der Waals surface area contributed by atoms with Crippen molar-refractivity contribution in [1.82, 2.24) is 9.97 Å². The lowest BCUT2D eigenvalue weighted by molar-refractivity contribution is 0.240. The molecule has 68 valence electrons. The van der Waals surface area contributed by atoms with Gasteiger partial charge in [-0.25, -0.2) is 9.97 Å². The van der Waals surface area contributed by atoms with E-state index >= 15 is 0 Å². The predicted octanol–water partition coefficient (Wildman–Crippen LogP) is -0.0668. The lowest BCUT2D eigenvalue weighted by atomic mass is 10.3. The van der Waals surface area contributed by atoms with Crippen LogP contribution < -0.4 is 5.73 Å². The van der Waals surface area contributed by atoms with Crippen LogP contribution in [0.2, 0.25) is 0 Å². The normalized spacial score (nSPS) is 9.08. The zero-order valence-corrected chi connectivity index (χ0v) is 7.45. The van der Waals surface area contributed by atoms with Crippen molar-refractivity contribution in [2.45, 2.75) is 6.54 Å². The summed E-state index contributed by atoms with van der Waals surface area (Å²) in [4.78, 5) is 7.99. The Hall–Kier alpha value is -1.44. The van der Waals surface area contributed by atoms with Gasteiger partial charge in [0.15, 0.2) is 0 Å². The Balaban J connectivity index is 2.65. The van der Waals surface area contributed by atoms with Gasteiger partial charge in [0.25, 0.3) is 0 Å². The predicted molar refractivity (Wildman–Crippen MR) is 48.7 cm³/mol. The smallest absolute Gasteiger partial charge is 0.141 e. The highest BCUT2D eigenvalue weighted by atomic mass is 16.5. The van der Waals surface area contributed by atoms with Crippen molar-refractivity contribution in [3.63, 3.8) is 0 Å². The number of methoxy groups -OCH3 is 1. The second-order valence-corrected chi connectivity index (χ2v) is 2.33. The molecule has 13 heavy (non-hydrogen) atoms. The molecule has 0 aromatic carbocycles. The molecule has 0 saturated heterocycles. The average molecular weight is 177 g/mol. The van der Waals surface area contributed by atoms with Crippen LogP contribution in [0.3, 0.4) is 0 Å². The summed E-state index contributed by atoms with van der Waals surface area (Å²) < 4.78 is 4.77. The number of hydrogen-bond donors (Lipinski definition) is 1. The molecule has 0 atom stereocenters. The summed E-state index contributed by atoms with van der Waals surface area (Å²) in [6.07, 6.45) is 3.30. The molecule has 0 aliphatic heterocycles. The van der Waals surface area contributed by atoms with E-state index in [0.717, 1.165) is 5.56 Å². The minimum Gasteiger partial charge on any atom is -0.372 e.